The summed E-state index contributed by atoms with van der Waals surface area (Å²) in [4.78, 5) is 0. The third kappa shape index (κ3) is 3.20. The van der Waals surface area contributed by atoms with Crippen molar-refractivity contribution < 1.29 is 0 Å². The van der Waals surface area contributed by atoms with Crippen LogP contribution in [0, 0.1) is 6.92 Å². The third-order valence-corrected chi connectivity index (χ3v) is 3.37. The summed E-state index contributed by atoms with van der Waals surface area (Å²) in [5, 5.41) is 4.19. The molecule has 2 rings (SSSR count). The summed E-state index contributed by atoms with van der Waals surface area (Å²) in [5.41, 5.74) is 9.81. The van der Waals surface area contributed by atoms with Crippen LogP contribution in [-0.2, 0) is 13.5 Å². The van der Waals surface area contributed by atoms with Gasteiger partial charge in [0.15, 0.2) is 0 Å². The van der Waals surface area contributed by atoms with E-state index in [1.165, 1.54) is 16.7 Å². The molecule has 0 bridgehead atoms. The molecule has 0 spiro atoms. The van der Waals surface area contributed by atoms with Gasteiger partial charge in [0.2, 0.25) is 0 Å². The molecule has 0 aliphatic carbocycles. The molecule has 1 unspecified atom stereocenters. The summed E-state index contributed by atoms with van der Waals surface area (Å²) in [6, 6.07) is 8.69. The first-order valence-electron chi connectivity index (χ1n) is 6.43. The van der Waals surface area contributed by atoms with Crippen molar-refractivity contribution in [2.75, 3.05) is 6.54 Å². The number of nitrogens with two attached hydrogens (primary N) is 1. The minimum Gasteiger partial charge on any atom is -0.330 e. The fraction of sp³-hybridized carbons (Fsp3) is 0.400. The molecule has 2 aromatic rings. The zero-order chi connectivity index (χ0) is 13.0. The van der Waals surface area contributed by atoms with E-state index in [4.69, 9.17) is 5.73 Å². The predicted octanol–water partition coefficient (Wildman–Crippen LogP) is 2.40. The fourth-order valence-corrected chi connectivity index (χ4v) is 2.20. The third-order valence-electron chi connectivity index (χ3n) is 3.37. The van der Waals surface area contributed by atoms with Crippen molar-refractivity contribution in [2.24, 2.45) is 12.8 Å². The van der Waals surface area contributed by atoms with Crippen molar-refractivity contribution in [1.82, 2.24) is 9.78 Å². The van der Waals surface area contributed by atoms with Crippen LogP contribution in [0.4, 0.5) is 0 Å². The molecule has 0 radical (unpaired) electrons. The van der Waals surface area contributed by atoms with Gasteiger partial charge in [-0.2, -0.15) is 5.10 Å². The highest BCUT2D eigenvalue weighted by atomic mass is 15.2. The van der Waals surface area contributed by atoms with E-state index in [9.17, 15) is 0 Å². The Bertz CT molecular complexity index is 485. The molecular formula is C15H21N3. The Morgan fingerprint density at radius 1 is 1.28 bits per heavy atom. The number of rotatable bonds is 5. The van der Waals surface area contributed by atoms with E-state index in [1.807, 2.05) is 17.9 Å². The van der Waals surface area contributed by atoms with Crippen LogP contribution in [0.1, 0.15) is 29.0 Å². The zero-order valence-electron chi connectivity index (χ0n) is 11.1. The lowest BCUT2D eigenvalue weighted by Gasteiger charge is -2.14. The van der Waals surface area contributed by atoms with Gasteiger partial charge >= 0.3 is 0 Å². The van der Waals surface area contributed by atoms with Crippen LogP contribution in [0.3, 0.4) is 0 Å². The molecule has 0 saturated heterocycles. The lowest BCUT2D eigenvalue weighted by Crippen LogP contribution is -2.13. The van der Waals surface area contributed by atoms with Gasteiger partial charge in [0.1, 0.15) is 0 Å². The second-order valence-corrected chi connectivity index (χ2v) is 4.90. The van der Waals surface area contributed by atoms with Crippen molar-refractivity contribution >= 4 is 0 Å². The minimum atomic E-state index is 0.436. The van der Waals surface area contributed by atoms with Crippen LogP contribution < -0.4 is 5.73 Å². The standard InChI is InChI=1S/C15H21N3/c1-12-3-6-14(7-4-12)15(9-16)8-5-13-10-17-18(2)11-13/h3-4,6-7,10-11,15H,5,8-9,16H2,1-2H3. The van der Waals surface area contributed by atoms with Crippen LogP contribution in [0.2, 0.25) is 0 Å². The molecule has 0 aliphatic rings. The van der Waals surface area contributed by atoms with Crippen LogP contribution in [0.5, 0.6) is 0 Å². The molecule has 0 amide bonds. The zero-order valence-corrected chi connectivity index (χ0v) is 11.1. The van der Waals surface area contributed by atoms with Gasteiger partial charge in [-0.15, -0.1) is 0 Å². The molecule has 18 heavy (non-hydrogen) atoms. The Hall–Kier alpha value is -1.61. The van der Waals surface area contributed by atoms with E-state index in [-0.39, 0.29) is 0 Å². The second kappa shape index (κ2) is 5.83. The maximum Gasteiger partial charge on any atom is 0.0521 e. The number of benzene rings is 1. The Morgan fingerprint density at radius 2 is 2.00 bits per heavy atom. The molecule has 1 heterocycles. The van der Waals surface area contributed by atoms with Crippen molar-refractivity contribution in [3.63, 3.8) is 0 Å². The number of nitrogens with zero attached hydrogens (tertiary/aromatic N) is 2. The molecule has 3 nitrogen and oxygen atoms in total. The van der Waals surface area contributed by atoms with Gasteiger partial charge in [-0.05, 0) is 43.4 Å². The molecule has 0 aliphatic heterocycles. The molecule has 1 atom stereocenters. The smallest absolute Gasteiger partial charge is 0.0521 e. The minimum absolute atomic E-state index is 0.436. The maximum absolute atomic E-state index is 5.89. The van der Waals surface area contributed by atoms with Gasteiger partial charge in [0, 0.05) is 13.2 Å². The average molecular weight is 243 g/mol. The first-order valence-corrected chi connectivity index (χ1v) is 6.43. The van der Waals surface area contributed by atoms with E-state index in [0.717, 1.165) is 12.8 Å². The Morgan fingerprint density at radius 3 is 2.56 bits per heavy atom. The van der Waals surface area contributed by atoms with E-state index in [1.54, 1.807) is 0 Å². The molecule has 96 valence electrons. The van der Waals surface area contributed by atoms with Gasteiger partial charge in [0.25, 0.3) is 0 Å². The number of hydrogen-bond donors (Lipinski definition) is 1. The number of hydrogen-bond acceptors (Lipinski definition) is 2. The van der Waals surface area contributed by atoms with Gasteiger partial charge in [0.05, 0.1) is 6.20 Å². The normalized spacial score (nSPS) is 12.6. The van der Waals surface area contributed by atoms with Gasteiger partial charge < -0.3 is 5.73 Å². The lowest BCUT2D eigenvalue weighted by molar-refractivity contribution is 0.633. The summed E-state index contributed by atoms with van der Waals surface area (Å²) in [5.74, 6) is 0.436. The topological polar surface area (TPSA) is 43.8 Å². The summed E-state index contributed by atoms with van der Waals surface area (Å²) in [6.07, 6.45) is 6.11. The molecule has 2 N–H and O–H groups in total. The van der Waals surface area contributed by atoms with Crippen LogP contribution in [0.25, 0.3) is 0 Å². The Kier molecular flexibility index (Phi) is 4.15. The quantitative estimate of drug-likeness (QED) is 0.876. The summed E-state index contributed by atoms with van der Waals surface area (Å²) in [6.45, 7) is 2.81. The maximum atomic E-state index is 5.89. The van der Waals surface area contributed by atoms with E-state index in [2.05, 4.69) is 42.5 Å². The fourth-order valence-electron chi connectivity index (χ4n) is 2.20. The van der Waals surface area contributed by atoms with Crippen LogP contribution >= 0.6 is 0 Å². The van der Waals surface area contributed by atoms with E-state index in [0.29, 0.717) is 12.5 Å². The van der Waals surface area contributed by atoms with Gasteiger partial charge in [-0.25, -0.2) is 0 Å². The highest BCUT2D eigenvalue weighted by Gasteiger charge is 2.10. The largest absolute Gasteiger partial charge is 0.330 e. The Balaban J connectivity index is 1.99. The summed E-state index contributed by atoms with van der Waals surface area (Å²) < 4.78 is 1.85. The van der Waals surface area contributed by atoms with Crippen LogP contribution in [-0.4, -0.2) is 16.3 Å². The first-order chi connectivity index (χ1) is 8.69. The molecular weight excluding hydrogens is 222 g/mol. The Labute approximate surface area is 109 Å². The average Bonchev–Trinajstić information content (AvgIpc) is 2.78. The van der Waals surface area contributed by atoms with Gasteiger partial charge in [-0.3, -0.25) is 4.68 Å². The molecule has 3 heteroatoms. The second-order valence-electron chi connectivity index (χ2n) is 4.90. The molecule has 1 aromatic heterocycles. The van der Waals surface area contributed by atoms with Crippen LogP contribution in [0.15, 0.2) is 36.7 Å². The summed E-state index contributed by atoms with van der Waals surface area (Å²) in [7, 11) is 1.95. The number of aryl methyl sites for hydroxylation is 3. The van der Waals surface area contributed by atoms with Crippen molar-refractivity contribution in [1.29, 1.82) is 0 Å². The van der Waals surface area contributed by atoms with E-state index < -0.39 is 0 Å². The SMILES string of the molecule is Cc1ccc(C(CN)CCc2cnn(C)c2)cc1. The van der Waals surface area contributed by atoms with Crippen molar-refractivity contribution in [3.05, 3.63) is 53.3 Å². The molecule has 1 aromatic carbocycles. The monoisotopic (exact) mass is 243 g/mol. The highest BCUT2D eigenvalue weighted by Crippen LogP contribution is 2.21. The highest BCUT2D eigenvalue weighted by molar-refractivity contribution is 5.25. The predicted molar refractivity (Wildman–Crippen MR) is 74.5 cm³/mol. The van der Waals surface area contributed by atoms with Crippen molar-refractivity contribution in [2.45, 2.75) is 25.7 Å². The molecule has 0 fully saturated rings. The van der Waals surface area contributed by atoms with E-state index >= 15 is 0 Å². The van der Waals surface area contributed by atoms with Gasteiger partial charge in [-0.1, -0.05) is 29.8 Å². The first kappa shape index (κ1) is 12.8. The van der Waals surface area contributed by atoms with Crippen molar-refractivity contribution in [3.8, 4) is 0 Å². The molecule has 0 saturated carbocycles. The lowest BCUT2D eigenvalue weighted by atomic mass is 9.92. The number of aromatic nitrogens is 2. The summed E-state index contributed by atoms with van der Waals surface area (Å²) >= 11 is 0.